The van der Waals surface area contributed by atoms with Crippen molar-refractivity contribution in [3.63, 3.8) is 0 Å². The molecule has 2 atom stereocenters. The highest BCUT2D eigenvalue weighted by Crippen LogP contribution is 2.17. The van der Waals surface area contributed by atoms with Crippen LogP contribution < -0.4 is 5.32 Å². The number of nitrogens with zero attached hydrogens (tertiary/aromatic N) is 3. The number of likely N-dealkylation sites (N-methyl/N-ethyl adjacent to an activating group) is 1. The lowest BCUT2D eigenvalue weighted by molar-refractivity contribution is 0.181. The van der Waals surface area contributed by atoms with E-state index in [4.69, 9.17) is 4.74 Å². The van der Waals surface area contributed by atoms with Gasteiger partial charge in [0, 0.05) is 39.7 Å². The molecule has 1 fully saturated rings. The lowest BCUT2D eigenvalue weighted by Gasteiger charge is -2.29. The molecule has 136 valence electrons. The molecule has 0 amide bonds. The molecule has 1 aromatic rings. The number of halogens is 1. The monoisotopic (exact) mass is 446 g/mol. The molecule has 0 bridgehead atoms. The fourth-order valence-electron chi connectivity index (χ4n) is 3.05. The Hall–Kier alpha value is -0.860. The molecule has 24 heavy (non-hydrogen) atoms. The van der Waals surface area contributed by atoms with Crippen LogP contribution in [0.3, 0.4) is 0 Å². The van der Waals surface area contributed by atoms with Crippen LogP contribution in [0.4, 0.5) is 0 Å². The third-order valence-corrected chi connectivity index (χ3v) is 4.39. The molecular formula is C18H31IN4O. The van der Waals surface area contributed by atoms with Gasteiger partial charge in [0.15, 0.2) is 5.96 Å². The van der Waals surface area contributed by atoms with Gasteiger partial charge < -0.3 is 19.9 Å². The molecule has 1 aliphatic heterocycles. The van der Waals surface area contributed by atoms with Gasteiger partial charge in [-0.05, 0) is 26.1 Å². The molecule has 1 heterocycles. The van der Waals surface area contributed by atoms with E-state index in [1.807, 2.05) is 7.05 Å². The predicted octanol–water partition coefficient (Wildman–Crippen LogP) is 2.45. The van der Waals surface area contributed by atoms with E-state index in [2.05, 4.69) is 71.6 Å². The Bertz CT molecular complexity index is 489. The highest BCUT2D eigenvalue weighted by Gasteiger charge is 2.20. The van der Waals surface area contributed by atoms with Crippen molar-refractivity contribution in [2.75, 3.05) is 54.5 Å². The van der Waals surface area contributed by atoms with Crippen molar-refractivity contribution in [3.8, 4) is 0 Å². The largest absolute Gasteiger partial charge is 0.381 e. The van der Waals surface area contributed by atoms with Gasteiger partial charge in [0.25, 0.3) is 0 Å². The molecule has 2 unspecified atom stereocenters. The number of hydrogen-bond acceptors (Lipinski definition) is 3. The van der Waals surface area contributed by atoms with Gasteiger partial charge in [-0.15, -0.1) is 24.0 Å². The van der Waals surface area contributed by atoms with Crippen LogP contribution in [0.5, 0.6) is 0 Å². The van der Waals surface area contributed by atoms with Gasteiger partial charge in [0.05, 0.1) is 12.6 Å². The minimum atomic E-state index is 0. The van der Waals surface area contributed by atoms with Gasteiger partial charge in [-0.1, -0.05) is 30.3 Å². The minimum absolute atomic E-state index is 0. The van der Waals surface area contributed by atoms with Crippen molar-refractivity contribution in [1.29, 1.82) is 0 Å². The van der Waals surface area contributed by atoms with Crippen LogP contribution in [0.1, 0.15) is 18.0 Å². The van der Waals surface area contributed by atoms with Gasteiger partial charge in [-0.2, -0.15) is 0 Å². The second-order valence-corrected chi connectivity index (χ2v) is 6.43. The third kappa shape index (κ3) is 6.22. The standard InChI is InChI=1S/C18H30N4O.HI/c1-19-18(22(4)13-15-10-11-23-14-15)20-12-17(21(2)3)16-8-6-5-7-9-16;/h5-9,15,17H,10-14H2,1-4H3,(H,19,20);1H. The second kappa shape index (κ2) is 10.9. The van der Waals surface area contributed by atoms with Gasteiger partial charge in [0.2, 0.25) is 0 Å². The maximum atomic E-state index is 5.47. The summed E-state index contributed by atoms with van der Waals surface area (Å²) in [6, 6.07) is 10.9. The summed E-state index contributed by atoms with van der Waals surface area (Å²) in [4.78, 5) is 8.87. The maximum absolute atomic E-state index is 5.47. The molecule has 0 saturated carbocycles. The summed E-state index contributed by atoms with van der Waals surface area (Å²) in [5, 5.41) is 3.52. The molecule has 1 N–H and O–H groups in total. The first kappa shape index (κ1) is 21.2. The highest BCUT2D eigenvalue weighted by molar-refractivity contribution is 14.0. The van der Waals surface area contributed by atoms with Crippen LogP contribution in [0, 0.1) is 5.92 Å². The number of nitrogens with one attached hydrogen (secondary N) is 1. The van der Waals surface area contributed by atoms with Crippen molar-refractivity contribution < 1.29 is 4.74 Å². The van der Waals surface area contributed by atoms with E-state index >= 15 is 0 Å². The van der Waals surface area contributed by atoms with Gasteiger partial charge >= 0.3 is 0 Å². The average Bonchev–Trinajstić information content (AvgIpc) is 3.05. The Morgan fingerprint density at radius 1 is 1.29 bits per heavy atom. The number of benzene rings is 1. The zero-order chi connectivity index (χ0) is 16.7. The van der Waals surface area contributed by atoms with Crippen LogP contribution in [0.15, 0.2) is 35.3 Å². The summed E-state index contributed by atoms with van der Waals surface area (Å²) in [7, 11) is 8.17. The summed E-state index contributed by atoms with van der Waals surface area (Å²) < 4.78 is 5.47. The molecule has 0 aromatic heterocycles. The summed E-state index contributed by atoms with van der Waals surface area (Å²) in [5.74, 6) is 1.55. The molecule has 0 spiro atoms. The number of aliphatic imine (C=N–C) groups is 1. The lowest BCUT2D eigenvalue weighted by atomic mass is 10.1. The van der Waals surface area contributed by atoms with E-state index in [-0.39, 0.29) is 24.0 Å². The maximum Gasteiger partial charge on any atom is 0.193 e. The van der Waals surface area contributed by atoms with Crippen LogP contribution in [0.2, 0.25) is 0 Å². The molecule has 1 aliphatic rings. The van der Waals surface area contributed by atoms with Crippen LogP contribution in [-0.2, 0) is 4.74 Å². The van der Waals surface area contributed by atoms with Crippen molar-refractivity contribution in [3.05, 3.63) is 35.9 Å². The number of ether oxygens (including phenoxy) is 1. The summed E-state index contributed by atoms with van der Waals surface area (Å²) in [6.07, 6.45) is 1.14. The smallest absolute Gasteiger partial charge is 0.193 e. The topological polar surface area (TPSA) is 40.1 Å². The summed E-state index contributed by atoms with van der Waals surface area (Å²) in [6.45, 7) is 3.57. The molecule has 1 aromatic carbocycles. The molecule has 6 heteroatoms. The molecule has 2 rings (SSSR count). The third-order valence-electron chi connectivity index (χ3n) is 4.39. The number of hydrogen-bond donors (Lipinski definition) is 1. The van der Waals surface area contributed by atoms with Crippen LogP contribution in [-0.4, -0.2) is 70.3 Å². The van der Waals surface area contributed by atoms with Gasteiger partial charge in [-0.3, -0.25) is 4.99 Å². The van der Waals surface area contributed by atoms with Crippen molar-refractivity contribution >= 4 is 29.9 Å². The first-order chi connectivity index (χ1) is 11.1. The van der Waals surface area contributed by atoms with Crippen LogP contribution in [0.25, 0.3) is 0 Å². The molecule has 5 nitrogen and oxygen atoms in total. The Labute approximate surface area is 163 Å². The lowest BCUT2D eigenvalue weighted by Crippen LogP contribution is -2.44. The van der Waals surface area contributed by atoms with E-state index in [0.717, 1.165) is 38.7 Å². The first-order valence-corrected chi connectivity index (χ1v) is 8.32. The Balaban J connectivity index is 0.00000288. The van der Waals surface area contributed by atoms with Crippen LogP contribution >= 0.6 is 24.0 Å². The summed E-state index contributed by atoms with van der Waals surface area (Å²) in [5.41, 5.74) is 1.31. The van der Waals surface area contributed by atoms with E-state index < -0.39 is 0 Å². The van der Waals surface area contributed by atoms with E-state index in [1.165, 1.54) is 5.56 Å². The Morgan fingerprint density at radius 2 is 2.00 bits per heavy atom. The molecular weight excluding hydrogens is 415 g/mol. The normalized spacial score (nSPS) is 19.0. The van der Waals surface area contributed by atoms with Crippen molar-refractivity contribution in [2.45, 2.75) is 12.5 Å². The zero-order valence-electron chi connectivity index (χ0n) is 15.2. The van der Waals surface area contributed by atoms with E-state index in [0.29, 0.717) is 12.0 Å². The number of rotatable bonds is 6. The molecule has 0 aliphatic carbocycles. The first-order valence-electron chi connectivity index (χ1n) is 8.32. The fourth-order valence-corrected chi connectivity index (χ4v) is 3.05. The zero-order valence-corrected chi connectivity index (χ0v) is 17.6. The minimum Gasteiger partial charge on any atom is -0.381 e. The Kier molecular flexibility index (Phi) is 9.61. The summed E-state index contributed by atoms with van der Waals surface area (Å²) >= 11 is 0. The molecule has 1 saturated heterocycles. The van der Waals surface area contributed by atoms with E-state index in [1.54, 1.807) is 0 Å². The average molecular weight is 446 g/mol. The molecule has 0 radical (unpaired) electrons. The second-order valence-electron chi connectivity index (χ2n) is 6.43. The fraction of sp³-hybridized carbons (Fsp3) is 0.611. The number of guanidine groups is 1. The predicted molar refractivity (Wildman–Crippen MR) is 111 cm³/mol. The van der Waals surface area contributed by atoms with Crippen molar-refractivity contribution in [2.24, 2.45) is 10.9 Å². The SMILES string of the molecule is CN=C(NCC(c1ccccc1)N(C)C)N(C)CC1CCOC1.I. The van der Waals surface area contributed by atoms with Gasteiger partial charge in [-0.25, -0.2) is 0 Å². The Morgan fingerprint density at radius 3 is 2.54 bits per heavy atom. The van der Waals surface area contributed by atoms with Gasteiger partial charge in [0.1, 0.15) is 0 Å². The van der Waals surface area contributed by atoms with Crippen molar-refractivity contribution in [1.82, 2.24) is 15.1 Å². The van der Waals surface area contributed by atoms with E-state index in [9.17, 15) is 0 Å². The quantitative estimate of drug-likeness (QED) is 0.414. The highest BCUT2D eigenvalue weighted by atomic mass is 127.